The van der Waals surface area contributed by atoms with E-state index in [1.807, 2.05) is 36.1 Å². The molecular weight excluding hydrogens is 320 g/mol. The van der Waals surface area contributed by atoms with E-state index in [1.165, 1.54) is 0 Å². The zero-order valence-electron chi connectivity index (χ0n) is 14.6. The van der Waals surface area contributed by atoms with Crippen LogP contribution in [0.4, 0.5) is 10.5 Å². The maximum absolute atomic E-state index is 12.9. The molecule has 2 N–H and O–H groups in total. The molecule has 6 nitrogen and oxygen atoms in total. The number of nitrogens with zero attached hydrogens (tertiary/aromatic N) is 1. The predicted molar refractivity (Wildman–Crippen MR) is 93.5 cm³/mol. The summed E-state index contributed by atoms with van der Waals surface area (Å²) in [6.45, 7) is 4.75. The van der Waals surface area contributed by atoms with E-state index >= 15 is 0 Å². The fraction of sp³-hybridized carbons (Fsp3) is 0.632. The highest BCUT2D eigenvalue weighted by Gasteiger charge is 2.56. The number of amides is 2. The Morgan fingerprint density at radius 2 is 2.00 bits per heavy atom. The second-order valence-electron chi connectivity index (χ2n) is 7.50. The molecule has 2 amide bonds. The van der Waals surface area contributed by atoms with Crippen LogP contribution in [-0.4, -0.2) is 60.7 Å². The van der Waals surface area contributed by atoms with Crippen molar-refractivity contribution < 1.29 is 19.4 Å². The Balaban J connectivity index is 1.55. The summed E-state index contributed by atoms with van der Waals surface area (Å²) in [7, 11) is 0. The number of carbonyl (C=O) groups excluding carboxylic acids is 1. The van der Waals surface area contributed by atoms with Crippen LogP contribution in [0.3, 0.4) is 0 Å². The summed E-state index contributed by atoms with van der Waals surface area (Å²) in [5.41, 5.74) is 1.16. The van der Waals surface area contributed by atoms with E-state index in [1.54, 1.807) is 0 Å². The third kappa shape index (κ3) is 3.03. The number of urea groups is 1. The van der Waals surface area contributed by atoms with Crippen LogP contribution in [0.25, 0.3) is 0 Å². The Hall–Kier alpha value is -1.63. The summed E-state index contributed by atoms with van der Waals surface area (Å²) >= 11 is 0. The third-order valence-corrected chi connectivity index (χ3v) is 6.02. The summed E-state index contributed by atoms with van der Waals surface area (Å²) in [5.74, 6) is -0.111. The maximum atomic E-state index is 12.9. The summed E-state index contributed by atoms with van der Waals surface area (Å²) in [5, 5.41) is 14.3. The molecule has 4 atom stereocenters. The van der Waals surface area contributed by atoms with E-state index in [4.69, 9.17) is 9.47 Å². The Morgan fingerprint density at radius 3 is 2.80 bits per heavy atom. The molecule has 25 heavy (non-hydrogen) atoms. The van der Waals surface area contributed by atoms with Crippen LogP contribution in [0.1, 0.15) is 18.4 Å². The van der Waals surface area contributed by atoms with E-state index in [-0.39, 0.29) is 23.9 Å². The molecule has 3 aliphatic rings. The van der Waals surface area contributed by atoms with Crippen LogP contribution >= 0.6 is 0 Å². The first-order chi connectivity index (χ1) is 12.1. The summed E-state index contributed by atoms with van der Waals surface area (Å²) in [4.78, 5) is 14.8. The van der Waals surface area contributed by atoms with Gasteiger partial charge in [0.25, 0.3) is 0 Å². The van der Waals surface area contributed by atoms with Gasteiger partial charge in [-0.25, -0.2) is 4.79 Å². The molecule has 3 aliphatic heterocycles. The van der Waals surface area contributed by atoms with Crippen molar-refractivity contribution in [3.8, 4) is 0 Å². The number of hydrogen-bond donors (Lipinski definition) is 2. The molecule has 4 rings (SSSR count). The number of anilines is 1. The van der Waals surface area contributed by atoms with Gasteiger partial charge in [0.05, 0.1) is 18.8 Å². The number of likely N-dealkylation sites (tertiary alicyclic amines) is 1. The largest absolute Gasteiger partial charge is 0.389 e. The fourth-order valence-electron chi connectivity index (χ4n) is 4.52. The van der Waals surface area contributed by atoms with Crippen LogP contribution in [0.15, 0.2) is 24.3 Å². The van der Waals surface area contributed by atoms with Gasteiger partial charge >= 0.3 is 6.03 Å². The second-order valence-corrected chi connectivity index (χ2v) is 7.50. The fourth-order valence-corrected chi connectivity index (χ4v) is 4.52. The molecule has 0 aliphatic carbocycles. The molecule has 1 aromatic carbocycles. The van der Waals surface area contributed by atoms with Gasteiger partial charge < -0.3 is 24.8 Å². The molecule has 3 fully saturated rings. The first kappa shape index (κ1) is 16.8. The smallest absolute Gasteiger partial charge is 0.322 e. The number of fused-ring (bicyclic) bond motifs is 3. The number of aryl methyl sites for hydroxylation is 1. The summed E-state index contributed by atoms with van der Waals surface area (Å²) in [6, 6.07) is 7.71. The van der Waals surface area contributed by atoms with Gasteiger partial charge in [-0.05, 0) is 25.5 Å². The Kier molecular flexibility index (Phi) is 4.43. The number of carbonyl (C=O) groups is 1. The van der Waals surface area contributed by atoms with E-state index in [9.17, 15) is 9.90 Å². The van der Waals surface area contributed by atoms with E-state index in [2.05, 4.69) is 5.32 Å². The van der Waals surface area contributed by atoms with Crippen molar-refractivity contribution in [1.82, 2.24) is 4.90 Å². The SMILES string of the molecule is Cc1ccc(NC(=O)N2C[C@H]3COCC[C@@]3(O)[C@@H]3COCC[C@H]32)cc1. The van der Waals surface area contributed by atoms with Gasteiger partial charge in [0.15, 0.2) is 0 Å². The maximum Gasteiger partial charge on any atom is 0.322 e. The normalized spacial score (nSPS) is 34.8. The van der Waals surface area contributed by atoms with Gasteiger partial charge in [0.2, 0.25) is 0 Å². The van der Waals surface area contributed by atoms with Crippen molar-refractivity contribution in [2.45, 2.75) is 31.4 Å². The molecule has 0 radical (unpaired) electrons. The van der Waals surface area contributed by atoms with Crippen LogP contribution in [0, 0.1) is 18.8 Å². The Labute approximate surface area is 148 Å². The number of aliphatic hydroxyl groups is 1. The van der Waals surface area contributed by atoms with E-state index in [0.29, 0.717) is 39.4 Å². The number of hydrogen-bond acceptors (Lipinski definition) is 4. The lowest BCUT2D eigenvalue weighted by molar-refractivity contribution is -0.211. The number of ether oxygens (including phenoxy) is 2. The zero-order chi connectivity index (χ0) is 17.4. The second kappa shape index (κ2) is 6.59. The monoisotopic (exact) mass is 346 g/mol. The van der Waals surface area contributed by atoms with Crippen molar-refractivity contribution >= 4 is 11.7 Å². The number of piperidine rings is 1. The van der Waals surface area contributed by atoms with Gasteiger partial charge in [-0.3, -0.25) is 0 Å². The number of benzene rings is 1. The number of nitrogens with one attached hydrogen (secondary N) is 1. The molecule has 6 heteroatoms. The van der Waals surface area contributed by atoms with Crippen LogP contribution in [0.5, 0.6) is 0 Å². The van der Waals surface area contributed by atoms with Gasteiger partial charge in [0.1, 0.15) is 0 Å². The minimum absolute atomic E-state index is 0.0125. The summed E-state index contributed by atoms with van der Waals surface area (Å²) < 4.78 is 11.2. The minimum atomic E-state index is -0.788. The lowest BCUT2D eigenvalue weighted by Gasteiger charge is -2.56. The summed E-state index contributed by atoms with van der Waals surface area (Å²) in [6.07, 6.45) is 1.39. The molecule has 0 unspecified atom stereocenters. The lowest BCUT2D eigenvalue weighted by atomic mass is 9.66. The van der Waals surface area contributed by atoms with Crippen molar-refractivity contribution in [2.75, 3.05) is 38.3 Å². The lowest BCUT2D eigenvalue weighted by Crippen LogP contribution is -2.69. The van der Waals surface area contributed by atoms with Crippen LogP contribution in [0.2, 0.25) is 0 Å². The van der Waals surface area contributed by atoms with E-state index in [0.717, 1.165) is 17.7 Å². The third-order valence-electron chi connectivity index (χ3n) is 6.02. The van der Waals surface area contributed by atoms with Crippen molar-refractivity contribution in [3.05, 3.63) is 29.8 Å². The van der Waals surface area contributed by atoms with Gasteiger partial charge in [-0.1, -0.05) is 17.7 Å². The van der Waals surface area contributed by atoms with Crippen LogP contribution in [-0.2, 0) is 9.47 Å². The standard InChI is InChI=1S/C19H26N2O4/c1-13-2-4-15(5-3-13)20-18(22)21-10-14-11-25-9-7-19(14,23)16-12-24-8-6-17(16)21/h2-5,14,16-17,23H,6-12H2,1H3,(H,20,22)/t14-,16+,17+,19-/m0/s1. The van der Waals surface area contributed by atoms with Crippen molar-refractivity contribution in [1.29, 1.82) is 0 Å². The molecule has 3 saturated heterocycles. The Bertz CT molecular complexity index is 635. The molecule has 0 aromatic heterocycles. The molecule has 0 spiro atoms. The molecule has 0 bridgehead atoms. The molecule has 136 valence electrons. The first-order valence-electron chi connectivity index (χ1n) is 9.10. The highest BCUT2D eigenvalue weighted by Crippen LogP contribution is 2.44. The van der Waals surface area contributed by atoms with Gasteiger partial charge in [-0.2, -0.15) is 0 Å². The average Bonchev–Trinajstić information content (AvgIpc) is 2.63. The highest BCUT2D eigenvalue weighted by molar-refractivity contribution is 5.89. The van der Waals surface area contributed by atoms with Crippen molar-refractivity contribution in [3.63, 3.8) is 0 Å². The average molecular weight is 346 g/mol. The van der Waals surface area contributed by atoms with Gasteiger partial charge in [0, 0.05) is 49.7 Å². The topological polar surface area (TPSA) is 71.0 Å². The molecule has 3 heterocycles. The quantitative estimate of drug-likeness (QED) is 0.816. The van der Waals surface area contributed by atoms with Crippen molar-refractivity contribution in [2.24, 2.45) is 11.8 Å². The van der Waals surface area contributed by atoms with E-state index < -0.39 is 5.60 Å². The predicted octanol–water partition coefficient (Wildman–Crippen LogP) is 2.02. The number of rotatable bonds is 1. The highest BCUT2D eigenvalue weighted by atomic mass is 16.5. The zero-order valence-corrected chi connectivity index (χ0v) is 14.6. The Morgan fingerprint density at radius 1 is 1.24 bits per heavy atom. The van der Waals surface area contributed by atoms with Gasteiger partial charge in [-0.15, -0.1) is 0 Å². The molecule has 0 saturated carbocycles. The minimum Gasteiger partial charge on any atom is -0.389 e. The van der Waals surface area contributed by atoms with Crippen LogP contribution < -0.4 is 5.32 Å². The molecule has 1 aromatic rings. The first-order valence-corrected chi connectivity index (χ1v) is 9.10. The molecular formula is C19H26N2O4.